The van der Waals surface area contributed by atoms with Crippen molar-refractivity contribution in [3.8, 4) is 0 Å². The minimum absolute atomic E-state index is 0.259. The van der Waals surface area contributed by atoms with Crippen LogP contribution >= 0.6 is 0 Å². The van der Waals surface area contributed by atoms with E-state index in [1.807, 2.05) is 0 Å². The molecule has 1 heterocycles. The van der Waals surface area contributed by atoms with Crippen LogP contribution in [-0.4, -0.2) is 18.3 Å². The third-order valence-corrected chi connectivity index (χ3v) is 4.13. The third kappa shape index (κ3) is 3.03. The van der Waals surface area contributed by atoms with Gasteiger partial charge in [-0.3, -0.25) is 0 Å². The van der Waals surface area contributed by atoms with E-state index < -0.39 is 0 Å². The maximum Gasteiger partial charge on any atom is 0.494 e. The summed E-state index contributed by atoms with van der Waals surface area (Å²) >= 11 is 0. The molecular weight excluding hydrogens is 235 g/mol. The molecule has 103 valence electrons. The smallest absolute Gasteiger partial charge is 0.399 e. The number of hydrogen-bond acceptors (Lipinski definition) is 2. The molecular formula is C16H24BO2. The van der Waals surface area contributed by atoms with Crippen molar-refractivity contribution < 1.29 is 9.31 Å². The quantitative estimate of drug-likeness (QED) is 0.772. The summed E-state index contributed by atoms with van der Waals surface area (Å²) in [5, 5.41) is 0. The Labute approximate surface area is 117 Å². The van der Waals surface area contributed by atoms with Gasteiger partial charge in [0.15, 0.2) is 0 Å². The molecule has 0 saturated carbocycles. The van der Waals surface area contributed by atoms with Gasteiger partial charge in [0.1, 0.15) is 0 Å². The monoisotopic (exact) mass is 259 g/mol. The van der Waals surface area contributed by atoms with E-state index in [-0.39, 0.29) is 18.3 Å². The van der Waals surface area contributed by atoms with Gasteiger partial charge >= 0.3 is 7.12 Å². The van der Waals surface area contributed by atoms with E-state index in [4.69, 9.17) is 9.31 Å². The van der Waals surface area contributed by atoms with Crippen molar-refractivity contribution >= 4 is 12.6 Å². The summed E-state index contributed by atoms with van der Waals surface area (Å²) < 4.78 is 12.1. The molecule has 19 heavy (non-hydrogen) atoms. The zero-order chi connectivity index (χ0) is 14.1. The maximum atomic E-state index is 6.04. The van der Waals surface area contributed by atoms with Crippen LogP contribution in [0.3, 0.4) is 0 Å². The van der Waals surface area contributed by atoms with Crippen LogP contribution in [0, 0.1) is 6.42 Å². The van der Waals surface area contributed by atoms with E-state index in [2.05, 4.69) is 65.3 Å². The van der Waals surface area contributed by atoms with Crippen LogP contribution in [0.5, 0.6) is 0 Å². The van der Waals surface area contributed by atoms with Gasteiger partial charge in [0.25, 0.3) is 0 Å². The fraction of sp³-hybridized carbons (Fsp3) is 0.562. The molecule has 3 heteroatoms. The van der Waals surface area contributed by atoms with Crippen LogP contribution in [0.2, 0.25) is 0 Å². The van der Waals surface area contributed by atoms with Crippen LogP contribution in [0.1, 0.15) is 53.0 Å². The molecule has 0 spiro atoms. The topological polar surface area (TPSA) is 18.5 Å². The number of benzene rings is 1. The van der Waals surface area contributed by atoms with E-state index in [0.717, 1.165) is 11.9 Å². The second-order valence-corrected chi connectivity index (χ2v) is 6.25. The molecule has 1 fully saturated rings. The third-order valence-electron chi connectivity index (χ3n) is 4.13. The van der Waals surface area contributed by atoms with E-state index in [1.165, 1.54) is 12.0 Å². The second-order valence-electron chi connectivity index (χ2n) is 6.25. The summed E-state index contributed by atoms with van der Waals surface area (Å²) in [5.74, 6) is 0. The first-order valence-corrected chi connectivity index (χ1v) is 7.14. The molecule has 0 aromatic heterocycles. The highest BCUT2D eigenvalue weighted by Crippen LogP contribution is 2.36. The minimum Gasteiger partial charge on any atom is -0.399 e. The average Bonchev–Trinajstić information content (AvgIpc) is 2.56. The van der Waals surface area contributed by atoms with Crippen LogP contribution in [0.25, 0.3) is 0 Å². The molecule has 0 amide bonds. The lowest BCUT2D eigenvalue weighted by molar-refractivity contribution is 0.00578. The summed E-state index contributed by atoms with van der Waals surface area (Å²) in [5.41, 5.74) is 1.81. The number of hydrogen-bond donors (Lipinski definition) is 0. The lowest BCUT2D eigenvalue weighted by Gasteiger charge is -2.32. The molecule has 0 bridgehead atoms. The first kappa shape index (κ1) is 14.6. The Morgan fingerprint density at radius 2 is 1.53 bits per heavy atom. The average molecular weight is 259 g/mol. The molecule has 1 aliphatic heterocycles. The van der Waals surface area contributed by atoms with Gasteiger partial charge < -0.3 is 9.31 Å². The Hall–Kier alpha value is -0.795. The summed E-state index contributed by atoms with van der Waals surface area (Å²) in [6, 6.07) is 8.47. The molecule has 2 nitrogen and oxygen atoms in total. The Kier molecular flexibility index (Phi) is 4.07. The maximum absolute atomic E-state index is 6.04. The molecule has 0 aliphatic carbocycles. The molecule has 1 saturated heterocycles. The predicted molar refractivity (Wildman–Crippen MR) is 80.5 cm³/mol. The highest BCUT2D eigenvalue weighted by molar-refractivity contribution is 6.62. The zero-order valence-corrected chi connectivity index (χ0v) is 12.7. The normalized spacial score (nSPS) is 20.8. The van der Waals surface area contributed by atoms with Crippen LogP contribution in [0.15, 0.2) is 24.3 Å². The first-order chi connectivity index (χ1) is 8.86. The van der Waals surface area contributed by atoms with Crippen molar-refractivity contribution in [1.29, 1.82) is 0 Å². The minimum atomic E-state index is -0.273. The summed E-state index contributed by atoms with van der Waals surface area (Å²) in [7, 11) is -0.259. The van der Waals surface area contributed by atoms with Gasteiger partial charge in [-0.1, -0.05) is 37.6 Å². The molecule has 0 unspecified atom stereocenters. The van der Waals surface area contributed by atoms with Crippen molar-refractivity contribution in [3.05, 3.63) is 36.2 Å². The van der Waals surface area contributed by atoms with Crippen molar-refractivity contribution in [3.63, 3.8) is 0 Å². The molecule has 1 aromatic carbocycles. The molecule has 1 aliphatic rings. The van der Waals surface area contributed by atoms with Crippen molar-refractivity contribution in [1.82, 2.24) is 0 Å². The number of unbranched alkanes of at least 4 members (excludes halogenated alkanes) is 1. The van der Waals surface area contributed by atoms with Crippen molar-refractivity contribution in [2.75, 3.05) is 0 Å². The molecule has 0 atom stereocenters. The fourth-order valence-electron chi connectivity index (χ4n) is 2.08. The largest absolute Gasteiger partial charge is 0.494 e. The zero-order valence-electron chi connectivity index (χ0n) is 12.7. The molecule has 0 N–H and O–H groups in total. The van der Waals surface area contributed by atoms with Crippen LogP contribution < -0.4 is 5.46 Å². The molecule has 2 rings (SSSR count). The standard InChI is InChI=1S/C16H24BO2/c1-6-7-8-13-9-11-14(12-10-13)17-18-15(2,3)16(4,5)19-17/h8-12H,6-7H2,1-5H3. The van der Waals surface area contributed by atoms with E-state index >= 15 is 0 Å². The Morgan fingerprint density at radius 3 is 2.00 bits per heavy atom. The van der Waals surface area contributed by atoms with Crippen molar-refractivity contribution in [2.24, 2.45) is 0 Å². The highest BCUT2D eigenvalue weighted by Gasteiger charge is 2.51. The Balaban J connectivity index is 2.08. The first-order valence-electron chi connectivity index (χ1n) is 7.14. The number of rotatable bonds is 4. The van der Waals surface area contributed by atoms with E-state index in [0.29, 0.717) is 0 Å². The highest BCUT2D eigenvalue weighted by atomic mass is 16.7. The van der Waals surface area contributed by atoms with Crippen LogP contribution in [0.4, 0.5) is 0 Å². The fourth-order valence-corrected chi connectivity index (χ4v) is 2.08. The van der Waals surface area contributed by atoms with E-state index in [1.54, 1.807) is 0 Å². The van der Waals surface area contributed by atoms with Gasteiger partial charge in [-0.2, -0.15) is 0 Å². The second kappa shape index (κ2) is 5.30. The Morgan fingerprint density at radius 1 is 1.00 bits per heavy atom. The van der Waals surface area contributed by atoms with Gasteiger partial charge in [0.2, 0.25) is 0 Å². The Bertz CT molecular complexity index is 407. The molecule has 1 aromatic rings. The van der Waals surface area contributed by atoms with Gasteiger partial charge in [-0.25, -0.2) is 0 Å². The van der Waals surface area contributed by atoms with Gasteiger partial charge in [-0.05, 0) is 51.6 Å². The lowest BCUT2D eigenvalue weighted by atomic mass is 9.78. The summed E-state index contributed by atoms with van der Waals surface area (Å²) in [6.45, 7) is 10.5. The van der Waals surface area contributed by atoms with Crippen molar-refractivity contribution in [2.45, 2.75) is 58.7 Å². The van der Waals surface area contributed by atoms with E-state index in [9.17, 15) is 0 Å². The van der Waals surface area contributed by atoms with Gasteiger partial charge in [0.05, 0.1) is 11.2 Å². The van der Waals surface area contributed by atoms with Gasteiger partial charge in [0, 0.05) is 0 Å². The molecule has 1 radical (unpaired) electrons. The lowest BCUT2D eigenvalue weighted by Crippen LogP contribution is -2.41. The summed E-state index contributed by atoms with van der Waals surface area (Å²) in [4.78, 5) is 0. The summed E-state index contributed by atoms with van der Waals surface area (Å²) in [6.07, 6.45) is 4.56. The predicted octanol–water partition coefficient (Wildman–Crippen LogP) is 3.34. The SMILES string of the molecule is CCC[CH]c1ccc(B2OC(C)(C)C(C)(C)O2)cc1. The van der Waals surface area contributed by atoms with Crippen LogP contribution in [-0.2, 0) is 9.31 Å². The van der Waals surface area contributed by atoms with Gasteiger partial charge in [-0.15, -0.1) is 0 Å².